The Morgan fingerprint density at radius 2 is 1.80 bits per heavy atom. The second kappa shape index (κ2) is 11.3. The van der Waals surface area contributed by atoms with E-state index in [2.05, 4.69) is 23.1 Å². The third-order valence-corrected chi connectivity index (χ3v) is 9.20. The van der Waals surface area contributed by atoms with E-state index in [1.807, 2.05) is 55.1 Å². The zero-order valence-corrected chi connectivity index (χ0v) is 24.6. The largest absolute Gasteiger partial charge is 0.481 e. The highest BCUT2D eigenvalue weighted by atomic mass is 32.1. The second-order valence-electron chi connectivity index (χ2n) is 10.8. The van der Waals surface area contributed by atoms with Crippen LogP contribution in [-0.4, -0.2) is 77.3 Å². The monoisotopic (exact) mass is 570 g/mol. The lowest BCUT2D eigenvalue weighted by Gasteiger charge is -2.43. The molecule has 1 aliphatic heterocycles. The maximum atomic E-state index is 11.8. The lowest BCUT2D eigenvalue weighted by Crippen LogP contribution is -2.54. The summed E-state index contributed by atoms with van der Waals surface area (Å²) in [6, 6.07) is 18.7. The average Bonchev–Trinajstić information content (AvgIpc) is 3.49. The predicted octanol–water partition coefficient (Wildman–Crippen LogP) is 5.51. The molecule has 41 heavy (non-hydrogen) atoms. The van der Waals surface area contributed by atoms with Gasteiger partial charge in [-0.05, 0) is 47.9 Å². The number of fused-ring (bicyclic) bond motifs is 2. The van der Waals surface area contributed by atoms with Crippen LogP contribution in [0.4, 0.5) is 0 Å². The lowest BCUT2D eigenvalue weighted by molar-refractivity contribution is -0.136. The number of hydrogen-bond acceptors (Lipinski definition) is 7. The fourth-order valence-corrected chi connectivity index (χ4v) is 7.14. The van der Waals surface area contributed by atoms with Crippen LogP contribution in [0, 0.1) is 6.92 Å². The smallest absolute Gasteiger partial charge is 0.307 e. The first kappa shape index (κ1) is 27.5. The van der Waals surface area contributed by atoms with Gasteiger partial charge < -0.3 is 14.6 Å². The van der Waals surface area contributed by atoms with E-state index in [9.17, 15) is 9.90 Å². The molecule has 0 saturated carbocycles. The van der Waals surface area contributed by atoms with Gasteiger partial charge in [0.2, 0.25) is 0 Å². The number of aromatic nitrogens is 3. The Morgan fingerprint density at radius 3 is 2.49 bits per heavy atom. The molecule has 1 N–H and O–H groups in total. The fraction of sp³-hybridized carbons (Fsp3) is 0.344. The van der Waals surface area contributed by atoms with Crippen LogP contribution in [0.15, 0.2) is 54.6 Å². The Labute approximate surface area is 243 Å². The summed E-state index contributed by atoms with van der Waals surface area (Å²) in [7, 11) is 5.46. The molecule has 2 aromatic heterocycles. The van der Waals surface area contributed by atoms with E-state index in [1.165, 1.54) is 0 Å². The molecule has 1 aliphatic rings. The van der Waals surface area contributed by atoms with Crippen molar-refractivity contribution in [1.82, 2.24) is 19.7 Å². The number of aliphatic carboxylic acids is 1. The second-order valence-corrected chi connectivity index (χ2v) is 11.8. The van der Waals surface area contributed by atoms with Crippen molar-refractivity contribution in [1.29, 1.82) is 0 Å². The van der Waals surface area contributed by atoms with Gasteiger partial charge in [-0.2, -0.15) is 5.10 Å². The van der Waals surface area contributed by atoms with Crippen molar-refractivity contribution in [3.8, 4) is 21.7 Å². The molecule has 9 heteroatoms. The van der Waals surface area contributed by atoms with Gasteiger partial charge in [-0.3, -0.25) is 14.4 Å². The van der Waals surface area contributed by atoms with Crippen molar-refractivity contribution in [2.45, 2.75) is 25.3 Å². The number of ether oxygens (including phenoxy) is 2. The quantitative estimate of drug-likeness (QED) is 0.237. The van der Waals surface area contributed by atoms with Crippen molar-refractivity contribution in [3.63, 3.8) is 0 Å². The average molecular weight is 571 g/mol. The fourth-order valence-electron chi connectivity index (χ4n) is 6.00. The molecule has 0 atom stereocenters. The van der Waals surface area contributed by atoms with E-state index in [4.69, 9.17) is 19.6 Å². The Kier molecular flexibility index (Phi) is 7.61. The summed E-state index contributed by atoms with van der Waals surface area (Å²) in [5.74, 6) is -0.499. The van der Waals surface area contributed by atoms with Crippen LogP contribution in [0.5, 0.6) is 0 Å². The maximum absolute atomic E-state index is 11.8. The normalized spacial score (nSPS) is 14.4. The number of benzene rings is 3. The number of hydrogen-bond donors (Lipinski definition) is 1. The Balaban J connectivity index is 1.40. The SMILES string of the molecule is COCC(COC)N1CC(c2nn(C)c3ccc(-c4nc5cc(C)c(CC(=O)O)c(-c6ccccc6)c5s4)cc23)C1. The molecule has 8 nitrogen and oxygen atoms in total. The van der Waals surface area contributed by atoms with Crippen molar-refractivity contribution in [2.75, 3.05) is 40.5 Å². The molecule has 0 aliphatic carbocycles. The summed E-state index contributed by atoms with van der Waals surface area (Å²) < 4.78 is 13.8. The van der Waals surface area contributed by atoms with Gasteiger partial charge in [-0.15, -0.1) is 11.3 Å². The molecule has 3 heterocycles. The zero-order chi connectivity index (χ0) is 28.7. The number of nitrogens with zero attached hydrogens (tertiary/aromatic N) is 4. The number of rotatable bonds is 10. The number of aryl methyl sites for hydroxylation is 2. The highest BCUT2D eigenvalue weighted by Gasteiger charge is 2.36. The molecular formula is C32H34N4O4S. The van der Waals surface area contributed by atoms with Gasteiger partial charge in [0.05, 0.1) is 47.1 Å². The minimum Gasteiger partial charge on any atom is -0.481 e. The molecule has 0 unspecified atom stereocenters. The topological polar surface area (TPSA) is 89.7 Å². The van der Waals surface area contributed by atoms with Crippen LogP contribution in [0.25, 0.3) is 42.8 Å². The van der Waals surface area contributed by atoms with Crippen molar-refractivity contribution >= 4 is 38.4 Å². The van der Waals surface area contributed by atoms with E-state index < -0.39 is 5.97 Å². The van der Waals surface area contributed by atoms with Gasteiger partial charge in [0, 0.05) is 56.8 Å². The van der Waals surface area contributed by atoms with Crippen molar-refractivity contribution < 1.29 is 19.4 Å². The number of likely N-dealkylation sites (tertiary alicyclic amines) is 1. The molecule has 0 spiro atoms. The Hall–Kier alpha value is -3.63. The molecular weight excluding hydrogens is 536 g/mol. The van der Waals surface area contributed by atoms with Gasteiger partial charge in [0.25, 0.3) is 0 Å². The number of carboxylic acids is 1. The molecule has 6 rings (SSSR count). The summed E-state index contributed by atoms with van der Waals surface area (Å²) in [6.45, 7) is 5.10. The summed E-state index contributed by atoms with van der Waals surface area (Å²) >= 11 is 1.62. The van der Waals surface area contributed by atoms with Crippen LogP contribution in [-0.2, 0) is 27.7 Å². The number of methoxy groups -OCH3 is 2. The van der Waals surface area contributed by atoms with Crippen LogP contribution >= 0.6 is 11.3 Å². The zero-order valence-electron chi connectivity index (χ0n) is 23.8. The van der Waals surface area contributed by atoms with E-state index in [-0.39, 0.29) is 12.5 Å². The molecule has 0 bridgehead atoms. The summed E-state index contributed by atoms with van der Waals surface area (Å²) in [4.78, 5) is 19.3. The summed E-state index contributed by atoms with van der Waals surface area (Å²) in [6.07, 6.45) is -0.0295. The Bertz CT molecular complexity index is 1720. The Morgan fingerprint density at radius 1 is 1.07 bits per heavy atom. The molecule has 1 saturated heterocycles. The van der Waals surface area contributed by atoms with Gasteiger partial charge in [-0.1, -0.05) is 30.3 Å². The number of thiazole rings is 1. The lowest BCUT2D eigenvalue weighted by atomic mass is 9.92. The van der Waals surface area contributed by atoms with E-state index in [0.717, 1.165) is 72.7 Å². The van der Waals surface area contributed by atoms with E-state index in [0.29, 0.717) is 19.1 Å². The van der Waals surface area contributed by atoms with Crippen LogP contribution in [0.2, 0.25) is 0 Å². The summed E-state index contributed by atoms with van der Waals surface area (Å²) in [5.41, 5.74) is 7.88. The molecule has 5 aromatic rings. The summed E-state index contributed by atoms with van der Waals surface area (Å²) in [5, 5.41) is 16.7. The molecule has 1 fully saturated rings. The maximum Gasteiger partial charge on any atom is 0.307 e. The van der Waals surface area contributed by atoms with Crippen LogP contribution in [0.1, 0.15) is 22.7 Å². The van der Waals surface area contributed by atoms with Crippen molar-refractivity contribution in [2.24, 2.45) is 7.05 Å². The first-order valence-electron chi connectivity index (χ1n) is 13.8. The third kappa shape index (κ3) is 5.15. The third-order valence-electron chi connectivity index (χ3n) is 8.06. The number of carboxylic acid groups (broad SMARTS) is 1. The van der Waals surface area contributed by atoms with E-state index in [1.54, 1.807) is 25.6 Å². The van der Waals surface area contributed by atoms with Gasteiger partial charge in [0.1, 0.15) is 5.01 Å². The van der Waals surface area contributed by atoms with Gasteiger partial charge in [0.15, 0.2) is 0 Å². The minimum atomic E-state index is -0.839. The number of carbonyl (C=O) groups is 1. The molecule has 3 aromatic carbocycles. The minimum absolute atomic E-state index is 0.0295. The molecule has 0 amide bonds. The van der Waals surface area contributed by atoms with Crippen molar-refractivity contribution in [3.05, 3.63) is 71.4 Å². The van der Waals surface area contributed by atoms with Crippen LogP contribution in [0.3, 0.4) is 0 Å². The molecule has 0 radical (unpaired) electrons. The first-order chi connectivity index (χ1) is 19.9. The van der Waals surface area contributed by atoms with Gasteiger partial charge >= 0.3 is 5.97 Å². The first-order valence-corrected chi connectivity index (χ1v) is 14.6. The standard InChI is InChI=1S/C32H34N4O4S/c1-19-12-26-31(29(24(19)14-28(37)38)20-8-6-5-7-9-20)41-32(33-26)21-10-11-27-25(13-21)30(34-35(27)2)22-15-36(16-22)23(17-39-3)18-40-4/h5-13,22-23H,14-18H2,1-4H3,(H,37,38). The van der Waals surface area contributed by atoms with Gasteiger partial charge in [-0.25, -0.2) is 4.98 Å². The van der Waals surface area contributed by atoms with Crippen LogP contribution < -0.4 is 0 Å². The highest BCUT2D eigenvalue weighted by Crippen LogP contribution is 2.42. The predicted molar refractivity (Wildman–Crippen MR) is 163 cm³/mol. The molecule has 212 valence electrons. The highest BCUT2D eigenvalue weighted by molar-refractivity contribution is 7.22. The van der Waals surface area contributed by atoms with E-state index >= 15 is 0 Å².